The third-order valence-corrected chi connectivity index (χ3v) is 4.03. The van der Waals surface area contributed by atoms with Gasteiger partial charge in [0.15, 0.2) is 0 Å². The zero-order valence-corrected chi connectivity index (χ0v) is 15.4. The van der Waals surface area contributed by atoms with Gasteiger partial charge in [0, 0.05) is 12.2 Å². The van der Waals surface area contributed by atoms with Crippen LogP contribution in [0.25, 0.3) is 17.1 Å². The number of hydrogen-bond donors (Lipinski definition) is 2. The fourth-order valence-corrected chi connectivity index (χ4v) is 2.53. The van der Waals surface area contributed by atoms with Crippen molar-refractivity contribution < 1.29 is 14.3 Å². The van der Waals surface area contributed by atoms with Gasteiger partial charge < -0.3 is 10.4 Å². The largest absolute Gasteiger partial charge is 0.394 e. The summed E-state index contributed by atoms with van der Waals surface area (Å²) in [6, 6.07) is 9.71. The SMILES string of the molecule is Cc1ccc(-c2cc(C(=O)NC(C)CO)c(=O)n(-c3cccc(F)c3)n2)nc1. The molecule has 3 rings (SSSR count). The fraction of sp³-hybridized carbons (Fsp3) is 0.200. The molecule has 28 heavy (non-hydrogen) atoms. The molecule has 0 aliphatic rings. The first-order valence-electron chi connectivity index (χ1n) is 8.64. The number of aliphatic hydroxyl groups excluding tert-OH is 1. The number of halogens is 1. The lowest BCUT2D eigenvalue weighted by molar-refractivity contribution is 0.0920. The number of rotatable bonds is 5. The summed E-state index contributed by atoms with van der Waals surface area (Å²) in [7, 11) is 0. The minimum atomic E-state index is -0.705. The number of pyridine rings is 1. The Morgan fingerprint density at radius 2 is 2.04 bits per heavy atom. The van der Waals surface area contributed by atoms with E-state index in [1.807, 2.05) is 13.0 Å². The van der Waals surface area contributed by atoms with Crippen molar-refractivity contribution in [3.63, 3.8) is 0 Å². The molecule has 2 aromatic heterocycles. The maximum absolute atomic E-state index is 13.7. The molecule has 1 amide bonds. The van der Waals surface area contributed by atoms with Gasteiger partial charge in [0.2, 0.25) is 0 Å². The van der Waals surface area contributed by atoms with Crippen LogP contribution in [-0.4, -0.2) is 38.4 Å². The van der Waals surface area contributed by atoms with Crippen LogP contribution in [0.5, 0.6) is 0 Å². The molecule has 0 fully saturated rings. The average molecular weight is 382 g/mol. The zero-order valence-electron chi connectivity index (χ0n) is 15.4. The van der Waals surface area contributed by atoms with E-state index in [1.54, 1.807) is 19.2 Å². The highest BCUT2D eigenvalue weighted by molar-refractivity contribution is 5.94. The first-order chi connectivity index (χ1) is 13.4. The molecule has 1 unspecified atom stereocenters. The highest BCUT2D eigenvalue weighted by atomic mass is 19.1. The summed E-state index contributed by atoms with van der Waals surface area (Å²) in [4.78, 5) is 29.7. The van der Waals surface area contributed by atoms with E-state index >= 15 is 0 Å². The second-order valence-corrected chi connectivity index (χ2v) is 6.42. The van der Waals surface area contributed by atoms with E-state index in [-0.39, 0.29) is 23.6 Å². The average Bonchev–Trinajstić information content (AvgIpc) is 2.68. The van der Waals surface area contributed by atoms with Crippen molar-refractivity contribution in [3.05, 3.63) is 76.0 Å². The van der Waals surface area contributed by atoms with Crippen LogP contribution in [-0.2, 0) is 0 Å². The predicted octanol–water partition coefficient (Wildman–Crippen LogP) is 1.85. The van der Waals surface area contributed by atoms with Crippen molar-refractivity contribution >= 4 is 5.91 Å². The second-order valence-electron chi connectivity index (χ2n) is 6.42. The molecule has 0 aliphatic carbocycles. The number of aryl methyl sites for hydroxylation is 1. The Kier molecular flexibility index (Phi) is 5.60. The molecular formula is C20H19FN4O3. The minimum absolute atomic E-state index is 0.183. The summed E-state index contributed by atoms with van der Waals surface area (Å²) >= 11 is 0. The van der Waals surface area contributed by atoms with Gasteiger partial charge in [0.05, 0.1) is 18.0 Å². The number of aromatic nitrogens is 3. The molecule has 1 atom stereocenters. The highest BCUT2D eigenvalue weighted by Gasteiger charge is 2.19. The van der Waals surface area contributed by atoms with Gasteiger partial charge in [-0.2, -0.15) is 9.78 Å². The minimum Gasteiger partial charge on any atom is -0.394 e. The monoisotopic (exact) mass is 382 g/mol. The third kappa shape index (κ3) is 4.12. The smallest absolute Gasteiger partial charge is 0.284 e. The molecule has 2 N–H and O–H groups in total. The number of nitrogens with zero attached hydrogens (tertiary/aromatic N) is 3. The third-order valence-electron chi connectivity index (χ3n) is 4.03. The Bertz CT molecular complexity index is 1060. The summed E-state index contributed by atoms with van der Waals surface area (Å²) in [6.45, 7) is 3.21. The summed E-state index contributed by atoms with van der Waals surface area (Å²) in [5.74, 6) is -1.20. The van der Waals surface area contributed by atoms with E-state index < -0.39 is 23.3 Å². The quantitative estimate of drug-likeness (QED) is 0.702. The lowest BCUT2D eigenvalue weighted by atomic mass is 10.1. The normalized spacial score (nSPS) is 11.9. The van der Waals surface area contributed by atoms with Crippen LogP contribution in [0.1, 0.15) is 22.8 Å². The molecule has 7 nitrogen and oxygen atoms in total. The molecule has 0 radical (unpaired) electrons. The summed E-state index contributed by atoms with van der Waals surface area (Å²) < 4.78 is 14.6. The molecule has 0 aliphatic heterocycles. The molecule has 0 bridgehead atoms. The van der Waals surface area contributed by atoms with Gasteiger partial charge >= 0.3 is 0 Å². The summed E-state index contributed by atoms with van der Waals surface area (Å²) in [5.41, 5.74) is 0.979. The molecule has 0 saturated heterocycles. The zero-order chi connectivity index (χ0) is 20.3. The fourth-order valence-electron chi connectivity index (χ4n) is 2.53. The molecule has 1 aromatic carbocycles. The molecular weight excluding hydrogens is 363 g/mol. The van der Waals surface area contributed by atoms with E-state index in [0.717, 1.165) is 16.3 Å². The Morgan fingerprint density at radius 3 is 2.68 bits per heavy atom. The van der Waals surface area contributed by atoms with Crippen molar-refractivity contribution in [2.75, 3.05) is 6.61 Å². The van der Waals surface area contributed by atoms with Crippen LogP contribution < -0.4 is 10.9 Å². The standard InChI is InChI=1S/C20H19FN4O3/c1-12-6-7-17(22-10-12)18-9-16(19(27)23-13(2)11-26)20(28)25(24-18)15-5-3-4-14(21)8-15/h3-10,13,26H,11H2,1-2H3,(H,23,27). The van der Waals surface area contributed by atoms with Crippen LogP contribution in [0, 0.1) is 12.7 Å². The number of nitrogens with one attached hydrogen (secondary N) is 1. The topological polar surface area (TPSA) is 97.1 Å². The number of carbonyl (C=O) groups is 1. The van der Waals surface area contributed by atoms with Gasteiger partial charge in [0.1, 0.15) is 17.1 Å². The van der Waals surface area contributed by atoms with Gasteiger partial charge in [-0.05, 0) is 49.7 Å². The van der Waals surface area contributed by atoms with Crippen LogP contribution in [0.2, 0.25) is 0 Å². The molecule has 0 saturated carbocycles. The lowest BCUT2D eigenvalue weighted by Crippen LogP contribution is -2.39. The molecule has 144 valence electrons. The van der Waals surface area contributed by atoms with E-state index in [2.05, 4.69) is 15.4 Å². The van der Waals surface area contributed by atoms with Crippen molar-refractivity contribution in [2.45, 2.75) is 19.9 Å². The van der Waals surface area contributed by atoms with Gasteiger partial charge in [-0.1, -0.05) is 12.1 Å². The van der Waals surface area contributed by atoms with Crippen molar-refractivity contribution in [1.82, 2.24) is 20.1 Å². The van der Waals surface area contributed by atoms with Crippen molar-refractivity contribution in [2.24, 2.45) is 0 Å². The van der Waals surface area contributed by atoms with E-state index in [1.165, 1.54) is 24.3 Å². The van der Waals surface area contributed by atoms with E-state index in [4.69, 9.17) is 5.11 Å². The summed E-state index contributed by atoms with van der Waals surface area (Å²) in [5, 5.41) is 16.0. The predicted molar refractivity (Wildman–Crippen MR) is 102 cm³/mol. The van der Waals surface area contributed by atoms with Gasteiger partial charge in [-0.25, -0.2) is 4.39 Å². The Morgan fingerprint density at radius 1 is 1.25 bits per heavy atom. The Hall–Kier alpha value is -3.39. The first-order valence-corrected chi connectivity index (χ1v) is 8.64. The molecule has 8 heteroatoms. The molecule has 0 spiro atoms. The maximum atomic E-state index is 13.7. The van der Waals surface area contributed by atoms with Crippen LogP contribution >= 0.6 is 0 Å². The number of carbonyl (C=O) groups excluding carboxylic acids is 1. The van der Waals surface area contributed by atoms with Crippen LogP contribution in [0.15, 0.2) is 53.5 Å². The number of benzene rings is 1. The number of aliphatic hydroxyl groups is 1. The first kappa shape index (κ1) is 19.4. The Labute approximate surface area is 160 Å². The van der Waals surface area contributed by atoms with Crippen molar-refractivity contribution in [1.29, 1.82) is 0 Å². The van der Waals surface area contributed by atoms with E-state index in [0.29, 0.717) is 5.69 Å². The number of amides is 1. The van der Waals surface area contributed by atoms with Crippen molar-refractivity contribution in [3.8, 4) is 17.1 Å². The van der Waals surface area contributed by atoms with Gasteiger partial charge in [-0.15, -0.1) is 0 Å². The summed E-state index contributed by atoms with van der Waals surface area (Å²) in [6.07, 6.45) is 1.64. The van der Waals surface area contributed by atoms with Crippen LogP contribution in [0.4, 0.5) is 4.39 Å². The number of hydrogen-bond acceptors (Lipinski definition) is 5. The molecule has 3 aromatic rings. The second kappa shape index (κ2) is 8.10. The maximum Gasteiger partial charge on any atom is 0.284 e. The van der Waals surface area contributed by atoms with Crippen LogP contribution in [0.3, 0.4) is 0 Å². The highest BCUT2D eigenvalue weighted by Crippen LogP contribution is 2.16. The van der Waals surface area contributed by atoms with Gasteiger partial charge in [-0.3, -0.25) is 14.6 Å². The lowest BCUT2D eigenvalue weighted by Gasteiger charge is -2.13. The molecule has 2 heterocycles. The van der Waals surface area contributed by atoms with E-state index in [9.17, 15) is 14.0 Å². The van der Waals surface area contributed by atoms with Gasteiger partial charge in [0.25, 0.3) is 11.5 Å². The Balaban J connectivity index is 2.19.